The van der Waals surface area contributed by atoms with Gasteiger partial charge in [-0.1, -0.05) is 6.07 Å². The summed E-state index contributed by atoms with van der Waals surface area (Å²) in [5.41, 5.74) is 3.20. The molecule has 0 aliphatic rings. The number of rotatable bonds is 7. The molecule has 4 N–H and O–H groups in total. The third-order valence-corrected chi connectivity index (χ3v) is 4.42. The van der Waals surface area contributed by atoms with Crippen LogP contribution in [0.4, 0.5) is 5.69 Å². The number of hydrogen-bond donors (Lipinski definition) is 4. The monoisotopic (exact) mass is 388 g/mol. The Morgan fingerprint density at radius 3 is 2.86 bits per heavy atom. The lowest BCUT2D eigenvalue weighted by Crippen LogP contribution is -2.26. The molecule has 0 aliphatic heterocycles. The molecule has 0 saturated heterocycles. The molecule has 29 heavy (non-hydrogen) atoms. The smallest absolute Gasteiger partial charge is 0.251 e. The first-order valence-corrected chi connectivity index (χ1v) is 9.14. The van der Waals surface area contributed by atoms with E-state index in [1.54, 1.807) is 36.9 Å². The van der Waals surface area contributed by atoms with Gasteiger partial charge >= 0.3 is 0 Å². The molecule has 3 heterocycles. The van der Waals surface area contributed by atoms with Gasteiger partial charge in [-0.2, -0.15) is 10.2 Å². The number of amides is 1. The molecule has 146 valence electrons. The molecule has 0 bridgehead atoms. The summed E-state index contributed by atoms with van der Waals surface area (Å²) in [6.45, 7) is 2.36. The van der Waals surface area contributed by atoms with Crippen LogP contribution in [0.1, 0.15) is 34.7 Å². The number of anilines is 1. The lowest BCUT2D eigenvalue weighted by molar-refractivity contribution is 0.0940. The van der Waals surface area contributed by atoms with E-state index in [9.17, 15) is 4.79 Å². The predicted molar refractivity (Wildman–Crippen MR) is 108 cm³/mol. The Kier molecular flexibility index (Phi) is 5.28. The first-order chi connectivity index (χ1) is 14.2. The van der Waals surface area contributed by atoms with Crippen molar-refractivity contribution in [1.29, 1.82) is 0 Å². The van der Waals surface area contributed by atoms with Gasteiger partial charge in [-0.15, -0.1) is 0 Å². The summed E-state index contributed by atoms with van der Waals surface area (Å²) in [6.07, 6.45) is 6.86. The second kappa shape index (κ2) is 8.34. The first kappa shape index (κ1) is 18.4. The fourth-order valence-electron chi connectivity index (χ4n) is 2.82. The zero-order valence-electron chi connectivity index (χ0n) is 15.8. The zero-order valence-corrected chi connectivity index (χ0v) is 15.8. The molecular weight excluding hydrogens is 368 g/mol. The summed E-state index contributed by atoms with van der Waals surface area (Å²) >= 11 is 0. The van der Waals surface area contributed by atoms with Crippen LogP contribution >= 0.6 is 0 Å². The third-order valence-electron chi connectivity index (χ3n) is 4.42. The summed E-state index contributed by atoms with van der Waals surface area (Å²) in [4.78, 5) is 21.0. The molecule has 1 unspecified atom stereocenters. The highest BCUT2D eigenvalue weighted by molar-refractivity contribution is 5.95. The van der Waals surface area contributed by atoms with Gasteiger partial charge < -0.3 is 10.6 Å². The number of carbonyl (C=O) groups is 1. The van der Waals surface area contributed by atoms with E-state index >= 15 is 0 Å². The minimum atomic E-state index is -0.151. The second-order valence-electron chi connectivity index (χ2n) is 6.50. The molecule has 0 fully saturated rings. The summed E-state index contributed by atoms with van der Waals surface area (Å²) in [6, 6.07) is 10.9. The van der Waals surface area contributed by atoms with Gasteiger partial charge in [0.2, 0.25) is 0 Å². The van der Waals surface area contributed by atoms with Crippen molar-refractivity contribution in [3.63, 3.8) is 0 Å². The Labute approximate surface area is 167 Å². The minimum Gasteiger partial charge on any atom is -0.378 e. The number of pyridine rings is 1. The Morgan fingerprint density at radius 2 is 2.07 bits per heavy atom. The van der Waals surface area contributed by atoms with Crippen molar-refractivity contribution in [3.8, 4) is 11.4 Å². The summed E-state index contributed by atoms with van der Waals surface area (Å²) < 4.78 is 0. The van der Waals surface area contributed by atoms with Gasteiger partial charge in [0.15, 0.2) is 5.82 Å². The maximum atomic E-state index is 12.5. The topological polar surface area (TPSA) is 124 Å². The number of aromatic nitrogens is 6. The van der Waals surface area contributed by atoms with Crippen LogP contribution in [0.3, 0.4) is 0 Å². The van der Waals surface area contributed by atoms with Crippen LogP contribution in [-0.2, 0) is 6.54 Å². The van der Waals surface area contributed by atoms with E-state index in [4.69, 9.17) is 0 Å². The van der Waals surface area contributed by atoms with E-state index in [0.717, 1.165) is 16.8 Å². The molecule has 3 aromatic heterocycles. The van der Waals surface area contributed by atoms with Crippen molar-refractivity contribution < 1.29 is 4.79 Å². The largest absolute Gasteiger partial charge is 0.378 e. The van der Waals surface area contributed by atoms with E-state index in [0.29, 0.717) is 23.8 Å². The molecule has 1 atom stereocenters. The molecule has 0 aliphatic carbocycles. The summed E-state index contributed by atoms with van der Waals surface area (Å²) in [7, 11) is 0. The average molecular weight is 388 g/mol. The van der Waals surface area contributed by atoms with Crippen LogP contribution in [0.5, 0.6) is 0 Å². The summed E-state index contributed by atoms with van der Waals surface area (Å²) in [5, 5.41) is 20.0. The fraction of sp³-hybridized carbons (Fsp3) is 0.150. The van der Waals surface area contributed by atoms with Crippen molar-refractivity contribution >= 4 is 11.6 Å². The second-order valence-corrected chi connectivity index (χ2v) is 6.50. The van der Waals surface area contributed by atoms with Crippen LogP contribution in [0.25, 0.3) is 11.4 Å². The number of hydrogen-bond acceptors (Lipinski definition) is 6. The Balaban J connectivity index is 1.38. The van der Waals surface area contributed by atoms with Crippen molar-refractivity contribution in [3.05, 3.63) is 78.1 Å². The van der Waals surface area contributed by atoms with Gasteiger partial charge in [0.05, 0.1) is 18.8 Å². The van der Waals surface area contributed by atoms with Crippen molar-refractivity contribution in [1.82, 2.24) is 35.7 Å². The highest BCUT2D eigenvalue weighted by Crippen LogP contribution is 2.16. The highest BCUT2D eigenvalue weighted by Gasteiger charge is 2.13. The number of aromatic amines is 2. The van der Waals surface area contributed by atoms with Gasteiger partial charge in [0, 0.05) is 41.0 Å². The standard InChI is InChI=1S/C20H20N8O/c1-13(16-10-23-24-11-16)25-20(29)15-3-2-4-17(9-15)22-12-18-26-19(28-27-18)14-5-7-21-8-6-14/h2-11,13,22H,12H2,1H3,(H,23,24)(H,25,29)(H,26,27,28). The maximum absolute atomic E-state index is 12.5. The van der Waals surface area contributed by atoms with Crippen LogP contribution < -0.4 is 10.6 Å². The van der Waals surface area contributed by atoms with Crippen LogP contribution in [-0.4, -0.2) is 36.3 Å². The van der Waals surface area contributed by atoms with E-state index in [1.165, 1.54) is 0 Å². The Hall–Kier alpha value is -4.01. The number of carbonyl (C=O) groups excluding carboxylic acids is 1. The Bertz CT molecular complexity index is 1070. The predicted octanol–water partition coefficient (Wildman–Crippen LogP) is 2.69. The molecule has 0 saturated carbocycles. The average Bonchev–Trinajstić information content (AvgIpc) is 3.45. The molecule has 0 radical (unpaired) electrons. The first-order valence-electron chi connectivity index (χ1n) is 9.14. The number of nitrogens with zero attached hydrogens (tertiary/aromatic N) is 4. The lowest BCUT2D eigenvalue weighted by atomic mass is 10.1. The fourth-order valence-corrected chi connectivity index (χ4v) is 2.82. The highest BCUT2D eigenvalue weighted by atomic mass is 16.1. The quantitative estimate of drug-likeness (QED) is 0.386. The van der Waals surface area contributed by atoms with Gasteiger partial charge in [-0.05, 0) is 37.3 Å². The SMILES string of the molecule is CC(NC(=O)c1cccc(NCc2nc(-c3ccncc3)n[nH]2)c1)c1cn[nH]c1. The number of H-pyrrole nitrogens is 2. The van der Waals surface area contributed by atoms with Gasteiger partial charge in [-0.25, -0.2) is 4.98 Å². The van der Waals surface area contributed by atoms with Crippen LogP contribution in [0, 0.1) is 0 Å². The van der Waals surface area contributed by atoms with Gasteiger partial charge in [-0.3, -0.25) is 20.0 Å². The van der Waals surface area contributed by atoms with Crippen LogP contribution in [0.2, 0.25) is 0 Å². The molecule has 4 rings (SSSR count). The summed E-state index contributed by atoms with van der Waals surface area (Å²) in [5.74, 6) is 1.16. The maximum Gasteiger partial charge on any atom is 0.251 e. The van der Waals surface area contributed by atoms with E-state index < -0.39 is 0 Å². The molecule has 4 aromatic rings. The van der Waals surface area contributed by atoms with E-state index in [2.05, 4.69) is 41.0 Å². The van der Waals surface area contributed by atoms with E-state index in [1.807, 2.05) is 31.2 Å². The van der Waals surface area contributed by atoms with Gasteiger partial charge in [0.1, 0.15) is 5.82 Å². The van der Waals surface area contributed by atoms with Crippen molar-refractivity contribution in [2.45, 2.75) is 19.5 Å². The van der Waals surface area contributed by atoms with Crippen LogP contribution in [0.15, 0.2) is 61.2 Å². The molecular formula is C20H20N8O. The normalized spacial score (nSPS) is 11.8. The van der Waals surface area contributed by atoms with Crippen molar-refractivity contribution in [2.75, 3.05) is 5.32 Å². The number of benzene rings is 1. The lowest BCUT2D eigenvalue weighted by Gasteiger charge is -2.13. The van der Waals surface area contributed by atoms with Crippen molar-refractivity contribution in [2.24, 2.45) is 0 Å². The third kappa shape index (κ3) is 4.46. The van der Waals surface area contributed by atoms with Gasteiger partial charge in [0.25, 0.3) is 5.91 Å². The molecule has 9 heteroatoms. The minimum absolute atomic E-state index is 0.140. The Morgan fingerprint density at radius 1 is 1.21 bits per heavy atom. The number of nitrogens with one attached hydrogen (secondary N) is 4. The molecule has 9 nitrogen and oxygen atoms in total. The molecule has 1 amide bonds. The molecule has 1 aromatic carbocycles. The molecule has 0 spiro atoms. The van der Waals surface area contributed by atoms with E-state index in [-0.39, 0.29) is 11.9 Å². The zero-order chi connectivity index (χ0) is 20.1.